The number of hydrogen-bond donors (Lipinski definition) is 2. The molecule has 0 radical (unpaired) electrons. The van der Waals surface area contributed by atoms with E-state index in [9.17, 15) is 4.79 Å². The topological polar surface area (TPSA) is 58.4 Å². The van der Waals surface area contributed by atoms with E-state index in [1.165, 1.54) is 12.8 Å². The van der Waals surface area contributed by atoms with Gasteiger partial charge in [-0.3, -0.25) is 4.79 Å². The molecule has 1 aliphatic rings. The summed E-state index contributed by atoms with van der Waals surface area (Å²) in [5.41, 5.74) is 6.90. The largest absolute Gasteiger partial charge is 0.397 e. The number of amides is 1. The van der Waals surface area contributed by atoms with Crippen molar-refractivity contribution in [3.8, 4) is 0 Å². The number of nitrogens with one attached hydrogen (secondary N) is 1. The SMILES string of the molecule is Nc1ccc(Cl)cc1NC(=O)CCN1CCCC1. The zero-order valence-electron chi connectivity index (χ0n) is 10.3. The summed E-state index contributed by atoms with van der Waals surface area (Å²) in [5, 5.41) is 3.37. The summed E-state index contributed by atoms with van der Waals surface area (Å²) in [6.45, 7) is 3.02. The van der Waals surface area contributed by atoms with E-state index in [1.54, 1.807) is 18.2 Å². The summed E-state index contributed by atoms with van der Waals surface area (Å²) >= 11 is 5.87. The standard InChI is InChI=1S/C13H18ClN3O/c14-10-3-4-11(15)12(9-10)16-13(18)5-8-17-6-1-2-7-17/h3-4,9H,1-2,5-8,15H2,(H,16,18). The Balaban J connectivity index is 1.84. The first-order valence-electron chi connectivity index (χ1n) is 6.22. The molecule has 0 bridgehead atoms. The number of benzene rings is 1. The molecule has 0 saturated carbocycles. The molecule has 1 heterocycles. The monoisotopic (exact) mass is 267 g/mol. The Morgan fingerprint density at radius 1 is 1.39 bits per heavy atom. The first kappa shape index (κ1) is 13.2. The summed E-state index contributed by atoms with van der Waals surface area (Å²) in [7, 11) is 0. The molecule has 1 aromatic rings. The highest BCUT2D eigenvalue weighted by Crippen LogP contribution is 2.23. The number of nitrogens with two attached hydrogens (primary N) is 1. The summed E-state index contributed by atoms with van der Waals surface area (Å²) in [6.07, 6.45) is 2.97. The third kappa shape index (κ3) is 3.62. The Morgan fingerprint density at radius 3 is 2.83 bits per heavy atom. The van der Waals surface area contributed by atoms with Gasteiger partial charge in [0.2, 0.25) is 5.91 Å². The highest BCUT2D eigenvalue weighted by atomic mass is 35.5. The molecule has 4 nitrogen and oxygen atoms in total. The predicted molar refractivity (Wildman–Crippen MR) is 74.8 cm³/mol. The van der Waals surface area contributed by atoms with Gasteiger partial charge >= 0.3 is 0 Å². The molecule has 5 heteroatoms. The van der Waals surface area contributed by atoms with Gasteiger partial charge in [-0.15, -0.1) is 0 Å². The number of anilines is 2. The highest BCUT2D eigenvalue weighted by molar-refractivity contribution is 6.31. The summed E-state index contributed by atoms with van der Waals surface area (Å²) in [6, 6.07) is 5.07. The molecule has 1 saturated heterocycles. The van der Waals surface area contributed by atoms with Gasteiger partial charge < -0.3 is 16.0 Å². The lowest BCUT2D eigenvalue weighted by Gasteiger charge is -2.14. The van der Waals surface area contributed by atoms with E-state index in [2.05, 4.69) is 10.2 Å². The fourth-order valence-corrected chi connectivity index (χ4v) is 2.29. The van der Waals surface area contributed by atoms with Gasteiger partial charge in [0.1, 0.15) is 0 Å². The van der Waals surface area contributed by atoms with Gasteiger partial charge in [0, 0.05) is 18.0 Å². The number of halogens is 1. The van der Waals surface area contributed by atoms with Crippen LogP contribution in [0.2, 0.25) is 5.02 Å². The van der Waals surface area contributed by atoms with Crippen molar-refractivity contribution in [3.63, 3.8) is 0 Å². The van der Waals surface area contributed by atoms with Crippen molar-refractivity contribution in [2.45, 2.75) is 19.3 Å². The van der Waals surface area contributed by atoms with Gasteiger partial charge in [-0.25, -0.2) is 0 Å². The molecule has 3 N–H and O–H groups in total. The fourth-order valence-electron chi connectivity index (χ4n) is 2.12. The van der Waals surface area contributed by atoms with Crippen LogP contribution in [0.4, 0.5) is 11.4 Å². The van der Waals surface area contributed by atoms with E-state index >= 15 is 0 Å². The molecule has 0 spiro atoms. The Kier molecular flexibility index (Phi) is 4.44. The predicted octanol–water partition coefficient (Wildman–Crippen LogP) is 2.35. The van der Waals surface area contributed by atoms with Crippen LogP contribution in [0, 0.1) is 0 Å². The lowest BCUT2D eigenvalue weighted by atomic mass is 10.2. The third-order valence-corrected chi connectivity index (χ3v) is 3.38. The zero-order chi connectivity index (χ0) is 13.0. The molecule has 1 aliphatic heterocycles. The van der Waals surface area contributed by atoms with E-state index in [0.717, 1.165) is 19.6 Å². The summed E-state index contributed by atoms with van der Waals surface area (Å²) in [5.74, 6) is -0.0177. The van der Waals surface area contributed by atoms with E-state index < -0.39 is 0 Å². The Morgan fingerprint density at radius 2 is 2.11 bits per heavy atom. The first-order valence-corrected chi connectivity index (χ1v) is 6.60. The molecule has 98 valence electrons. The van der Waals surface area contributed by atoms with E-state index in [0.29, 0.717) is 22.8 Å². The van der Waals surface area contributed by atoms with E-state index in [1.807, 2.05) is 0 Å². The second kappa shape index (κ2) is 6.07. The quantitative estimate of drug-likeness (QED) is 0.824. The average molecular weight is 268 g/mol. The van der Waals surface area contributed by atoms with Crippen molar-refractivity contribution in [2.24, 2.45) is 0 Å². The second-order valence-electron chi connectivity index (χ2n) is 4.58. The maximum absolute atomic E-state index is 11.8. The molecule has 1 fully saturated rings. The van der Waals surface area contributed by atoms with Crippen LogP contribution >= 0.6 is 11.6 Å². The Bertz CT molecular complexity index is 430. The smallest absolute Gasteiger partial charge is 0.225 e. The number of nitrogen functional groups attached to an aromatic ring is 1. The highest BCUT2D eigenvalue weighted by Gasteiger charge is 2.13. The Hall–Kier alpha value is -1.26. The van der Waals surface area contributed by atoms with Crippen LogP contribution in [0.1, 0.15) is 19.3 Å². The number of rotatable bonds is 4. The maximum Gasteiger partial charge on any atom is 0.225 e. The first-order chi connectivity index (χ1) is 8.65. The lowest BCUT2D eigenvalue weighted by molar-refractivity contribution is -0.116. The van der Waals surface area contributed by atoms with Gasteiger partial charge in [0.05, 0.1) is 11.4 Å². The number of nitrogens with zero attached hydrogens (tertiary/aromatic N) is 1. The number of likely N-dealkylation sites (tertiary alicyclic amines) is 1. The minimum absolute atomic E-state index is 0.0177. The molecule has 0 atom stereocenters. The molecular weight excluding hydrogens is 250 g/mol. The number of carbonyl (C=O) groups is 1. The molecule has 2 rings (SSSR count). The van der Waals surface area contributed by atoms with Crippen LogP contribution in [-0.4, -0.2) is 30.4 Å². The minimum Gasteiger partial charge on any atom is -0.397 e. The van der Waals surface area contributed by atoms with Crippen molar-refractivity contribution in [2.75, 3.05) is 30.7 Å². The van der Waals surface area contributed by atoms with Gasteiger partial charge in [0.25, 0.3) is 0 Å². The normalized spacial score (nSPS) is 15.8. The van der Waals surface area contributed by atoms with Crippen LogP contribution in [-0.2, 0) is 4.79 Å². The molecule has 0 unspecified atom stereocenters. The number of hydrogen-bond acceptors (Lipinski definition) is 3. The lowest BCUT2D eigenvalue weighted by Crippen LogP contribution is -2.25. The fraction of sp³-hybridized carbons (Fsp3) is 0.462. The van der Waals surface area contributed by atoms with Gasteiger partial charge in [-0.1, -0.05) is 11.6 Å². The van der Waals surface area contributed by atoms with Crippen LogP contribution in [0.3, 0.4) is 0 Å². The van der Waals surface area contributed by atoms with Crippen molar-refractivity contribution >= 4 is 28.9 Å². The van der Waals surface area contributed by atoms with Crippen molar-refractivity contribution < 1.29 is 4.79 Å². The Labute approximate surface area is 112 Å². The average Bonchev–Trinajstić information content (AvgIpc) is 2.84. The van der Waals surface area contributed by atoms with E-state index in [-0.39, 0.29) is 5.91 Å². The van der Waals surface area contributed by atoms with Crippen LogP contribution in [0.25, 0.3) is 0 Å². The van der Waals surface area contributed by atoms with Crippen molar-refractivity contribution in [3.05, 3.63) is 23.2 Å². The molecule has 1 amide bonds. The zero-order valence-corrected chi connectivity index (χ0v) is 11.0. The van der Waals surface area contributed by atoms with Crippen molar-refractivity contribution in [1.82, 2.24) is 4.90 Å². The molecule has 0 aromatic heterocycles. The number of carbonyl (C=O) groups excluding carboxylic acids is 1. The van der Waals surface area contributed by atoms with Crippen molar-refractivity contribution in [1.29, 1.82) is 0 Å². The minimum atomic E-state index is -0.0177. The molecule has 1 aromatic carbocycles. The van der Waals surface area contributed by atoms with Gasteiger partial charge in [0.15, 0.2) is 0 Å². The van der Waals surface area contributed by atoms with Crippen LogP contribution in [0.15, 0.2) is 18.2 Å². The third-order valence-electron chi connectivity index (χ3n) is 3.14. The summed E-state index contributed by atoms with van der Waals surface area (Å²) in [4.78, 5) is 14.1. The second-order valence-corrected chi connectivity index (χ2v) is 5.01. The van der Waals surface area contributed by atoms with Crippen LogP contribution in [0.5, 0.6) is 0 Å². The molecule has 18 heavy (non-hydrogen) atoms. The maximum atomic E-state index is 11.8. The van der Waals surface area contributed by atoms with Crippen LogP contribution < -0.4 is 11.1 Å². The van der Waals surface area contributed by atoms with E-state index in [4.69, 9.17) is 17.3 Å². The van der Waals surface area contributed by atoms with Gasteiger partial charge in [-0.05, 0) is 44.1 Å². The molecular formula is C13H18ClN3O. The van der Waals surface area contributed by atoms with Gasteiger partial charge in [-0.2, -0.15) is 0 Å². The summed E-state index contributed by atoms with van der Waals surface area (Å²) < 4.78 is 0. The molecule has 0 aliphatic carbocycles.